The highest BCUT2D eigenvalue weighted by Crippen LogP contribution is 2.31. The fraction of sp³-hybridized carbons (Fsp3) is 0.417. The lowest BCUT2D eigenvalue weighted by Gasteiger charge is -2.11. The Bertz CT molecular complexity index is 656. The second-order valence-electron chi connectivity index (χ2n) is 4.53. The maximum Gasteiger partial charge on any atom is 0.339 e. The van der Waals surface area contributed by atoms with Crippen LogP contribution in [0.5, 0.6) is 0 Å². The molecule has 1 fully saturated rings. The normalized spacial score (nSPS) is 18.7. The summed E-state index contributed by atoms with van der Waals surface area (Å²) in [7, 11) is 1.31. The first-order valence-corrected chi connectivity index (χ1v) is 9.45. The molecule has 1 aromatic carbocycles. The maximum atomic E-state index is 12.0. The third-order valence-corrected chi connectivity index (χ3v) is 5.57. The van der Waals surface area contributed by atoms with Gasteiger partial charge in [-0.25, -0.2) is 13.2 Å². The van der Waals surface area contributed by atoms with Crippen LogP contribution in [0.3, 0.4) is 0 Å². The minimum atomic E-state index is -3.97. The number of carbonyl (C=O) groups is 1. The molecule has 1 heterocycles. The van der Waals surface area contributed by atoms with Crippen molar-refractivity contribution in [2.45, 2.75) is 11.3 Å². The molecule has 1 unspecified atom stereocenters. The van der Waals surface area contributed by atoms with Crippen LogP contribution in [0.15, 0.2) is 21.5 Å². The van der Waals surface area contributed by atoms with E-state index < -0.39 is 15.0 Å². The van der Waals surface area contributed by atoms with Gasteiger partial charge in [0.25, 0.3) is 9.05 Å². The predicted molar refractivity (Wildman–Crippen MR) is 81.4 cm³/mol. The van der Waals surface area contributed by atoms with Crippen molar-refractivity contribution < 1.29 is 22.7 Å². The van der Waals surface area contributed by atoms with Gasteiger partial charge in [-0.3, -0.25) is 0 Å². The molecule has 0 bridgehead atoms. The molecule has 1 aliphatic heterocycles. The van der Waals surface area contributed by atoms with Gasteiger partial charge >= 0.3 is 5.97 Å². The Kier molecular flexibility index (Phi) is 5.54. The van der Waals surface area contributed by atoms with Crippen LogP contribution in [-0.4, -0.2) is 34.2 Å². The second-order valence-corrected chi connectivity index (χ2v) is 8.33. The number of halogens is 3. The van der Waals surface area contributed by atoms with E-state index in [1.165, 1.54) is 6.07 Å². The Labute approximate surface area is 140 Å². The van der Waals surface area contributed by atoms with Crippen molar-refractivity contribution in [3.8, 4) is 0 Å². The molecular weight excluding hydrogens is 407 g/mol. The van der Waals surface area contributed by atoms with Crippen LogP contribution in [0.2, 0.25) is 5.02 Å². The zero-order chi connectivity index (χ0) is 15.6. The van der Waals surface area contributed by atoms with Gasteiger partial charge in [0.1, 0.15) is 0 Å². The Morgan fingerprint density at radius 1 is 1.48 bits per heavy atom. The number of ether oxygens (including phenoxy) is 2. The van der Waals surface area contributed by atoms with E-state index in [4.69, 9.17) is 31.8 Å². The molecule has 0 aliphatic carbocycles. The largest absolute Gasteiger partial charge is 0.462 e. The first kappa shape index (κ1) is 17.0. The van der Waals surface area contributed by atoms with E-state index in [0.717, 1.165) is 12.5 Å². The summed E-state index contributed by atoms with van der Waals surface area (Å²) < 4.78 is 33.3. The number of hydrogen-bond donors (Lipinski definition) is 0. The van der Waals surface area contributed by atoms with Gasteiger partial charge in [0.15, 0.2) is 0 Å². The zero-order valence-electron chi connectivity index (χ0n) is 10.6. The van der Waals surface area contributed by atoms with Crippen LogP contribution in [0.1, 0.15) is 16.8 Å². The van der Waals surface area contributed by atoms with Gasteiger partial charge in [-0.2, -0.15) is 0 Å². The first-order valence-electron chi connectivity index (χ1n) is 5.97. The summed E-state index contributed by atoms with van der Waals surface area (Å²) in [6.07, 6.45) is 0.820. The molecule has 9 heteroatoms. The monoisotopic (exact) mass is 416 g/mol. The fourth-order valence-electron chi connectivity index (χ4n) is 1.84. The molecule has 0 spiro atoms. The fourth-order valence-corrected chi connectivity index (χ4v) is 3.42. The highest BCUT2D eigenvalue weighted by Gasteiger charge is 2.23. The summed E-state index contributed by atoms with van der Waals surface area (Å²) >= 11 is 9.09. The average Bonchev–Trinajstić information content (AvgIpc) is 2.91. The Morgan fingerprint density at radius 2 is 2.19 bits per heavy atom. The number of hydrogen-bond acceptors (Lipinski definition) is 5. The van der Waals surface area contributed by atoms with Crippen molar-refractivity contribution in [3.05, 3.63) is 27.2 Å². The third kappa shape index (κ3) is 4.32. The molecule has 5 nitrogen and oxygen atoms in total. The lowest BCUT2D eigenvalue weighted by molar-refractivity contribution is 0.0428. The number of esters is 1. The van der Waals surface area contributed by atoms with Crippen LogP contribution in [0.25, 0.3) is 0 Å². The van der Waals surface area contributed by atoms with E-state index >= 15 is 0 Å². The SMILES string of the molecule is O=C(OCC1CCOC1)c1cc(S(=O)(=O)Cl)cc(Br)c1Cl. The molecule has 0 N–H and O–H groups in total. The summed E-state index contributed by atoms with van der Waals surface area (Å²) in [4.78, 5) is 11.8. The van der Waals surface area contributed by atoms with E-state index in [2.05, 4.69) is 15.9 Å². The topological polar surface area (TPSA) is 69.7 Å². The van der Waals surface area contributed by atoms with E-state index in [-0.39, 0.29) is 32.5 Å². The van der Waals surface area contributed by atoms with Crippen LogP contribution in [0.4, 0.5) is 0 Å². The van der Waals surface area contributed by atoms with Crippen molar-refractivity contribution in [3.63, 3.8) is 0 Å². The molecule has 0 radical (unpaired) electrons. The summed E-state index contributed by atoms with van der Waals surface area (Å²) in [6.45, 7) is 1.39. The molecule has 0 saturated carbocycles. The van der Waals surface area contributed by atoms with Gasteiger partial charge in [0, 0.05) is 27.7 Å². The summed E-state index contributed by atoms with van der Waals surface area (Å²) in [5.41, 5.74) is -0.0517. The van der Waals surface area contributed by atoms with Crippen LogP contribution in [0, 0.1) is 5.92 Å². The number of rotatable bonds is 4. The summed E-state index contributed by atoms with van der Waals surface area (Å²) in [5.74, 6) is -0.550. The number of benzene rings is 1. The minimum Gasteiger partial charge on any atom is -0.462 e. The zero-order valence-corrected chi connectivity index (χ0v) is 14.6. The van der Waals surface area contributed by atoms with E-state index in [0.29, 0.717) is 13.2 Å². The Balaban J connectivity index is 2.21. The van der Waals surface area contributed by atoms with Crippen molar-refractivity contribution >= 4 is 53.2 Å². The molecule has 1 aromatic rings. The predicted octanol–water partition coefficient (Wildman–Crippen LogP) is 3.22. The molecule has 0 amide bonds. The van der Waals surface area contributed by atoms with Crippen molar-refractivity contribution in [1.82, 2.24) is 0 Å². The van der Waals surface area contributed by atoms with Crippen LogP contribution < -0.4 is 0 Å². The first-order chi connectivity index (χ1) is 9.79. The second kappa shape index (κ2) is 6.83. The Hall–Kier alpha value is -0.340. The standard InChI is InChI=1S/C12H11BrCl2O5S/c13-10-4-8(21(15,17)18)3-9(11(10)14)12(16)20-6-7-1-2-19-5-7/h3-4,7H,1-2,5-6H2. The molecule has 21 heavy (non-hydrogen) atoms. The van der Waals surface area contributed by atoms with E-state index in [1.807, 2.05) is 0 Å². The Morgan fingerprint density at radius 3 is 2.76 bits per heavy atom. The minimum absolute atomic E-state index is 0.0517. The van der Waals surface area contributed by atoms with Crippen molar-refractivity contribution in [1.29, 1.82) is 0 Å². The lowest BCUT2D eigenvalue weighted by Crippen LogP contribution is -2.15. The van der Waals surface area contributed by atoms with Gasteiger partial charge in [0.05, 0.1) is 28.7 Å². The molecule has 1 saturated heterocycles. The van der Waals surface area contributed by atoms with Gasteiger partial charge < -0.3 is 9.47 Å². The van der Waals surface area contributed by atoms with Gasteiger partial charge in [-0.05, 0) is 34.5 Å². The van der Waals surface area contributed by atoms with Crippen LogP contribution >= 0.6 is 38.2 Å². The van der Waals surface area contributed by atoms with Crippen molar-refractivity contribution in [2.75, 3.05) is 19.8 Å². The molecule has 2 rings (SSSR count). The summed E-state index contributed by atoms with van der Waals surface area (Å²) in [5, 5.41) is 0.0757. The molecule has 1 aliphatic rings. The smallest absolute Gasteiger partial charge is 0.339 e. The molecule has 0 aromatic heterocycles. The average molecular weight is 418 g/mol. The molecular formula is C12H11BrCl2O5S. The van der Waals surface area contributed by atoms with E-state index in [9.17, 15) is 13.2 Å². The highest BCUT2D eigenvalue weighted by molar-refractivity contribution is 9.10. The maximum absolute atomic E-state index is 12.0. The highest BCUT2D eigenvalue weighted by atomic mass is 79.9. The number of carbonyl (C=O) groups excluding carboxylic acids is 1. The summed E-state index contributed by atoms with van der Waals surface area (Å²) in [6, 6.07) is 2.33. The van der Waals surface area contributed by atoms with Crippen LogP contribution in [-0.2, 0) is 18.5 Å². The van der Waals surface area contributed by atoms with Gasteiger partial charge in [0.2, 0.25) is 0 Å². The van der Waals surface area contributed by atoms with Crippen molar-refractivity contribution in [2.24, 2.45) is 5.92 Å². The molecule has 1 atom stereocenters. The third-order valence-electron chi connectivity index (χ3n) is 2.98. The quantitative estimate of drug-likeness (QED) is 0.555. The lowest BCUT2D eigenvalue weighted by atomic mass is 10.1. The van der Waals surface area contributed by atoms with Gasteiger partial charge in [-0.1, -0.05) is 11.6 Å². The molecule has 116 valence electrons. The van der Waals surface area contributed by atoms with E-state index in [1.54, 1.807) is 0 Å². The van der Waals surface area contributed by atoms with Gasteiger partial charge in [-0.15, -0.1) is 0 Å².